The quantitative estimate of drug-likeness (QED) is 0.631. The van der Waals surface area contributed by atoms with Gasteiger partial charge in [0, 0.05) is 11.6 Å². The first kappa shape index (κ1) is 18.8. The number of nitrogens with zero attached hydrogens (tertiary/aromatic N) is 1. The van der Waals surface area contributed by atoms with Crippen molar-refractivity contribution in [3.8, 4) is 11.5 Å². The van der Waals surface area contributed by atoms with Crippen molar-refractivity contribution >= 4 is 23.7 Å². The molecule has 1 amide bonds. The summed E-state index contributed by atoms with van der Waals surface area (Å²) in [6.07, 6.45) is 1.75. The van der Waals surface area contributed by atoms with Gasteiger partial charge in [-0.25, -0.2) is 5.43 Å². The minimum Gasteiger partial charge on any atom is -0.493 e. The maximum atomic E-state index is 12.1. The van der Waals surface area contributed by atoms with E-state index >= 15 is 0 Å². The molecular formula is C19H21ClN2O3. The monoisotopic (exact) mass is 360 g/mol. The number of aryl methyl sites for hydroxylation is 2. The van der Waals surface area contributed by atoms with Crippen LogP contribution >= 0.6 is 11.6 Å². The Kier molecular flexibility index (Phi) is 6.42. The molecule has 0 bridgehead atoms. The third-order valence-electron chi connectivity index (χ3n) is 3.75. The summed E-state index contributed by atoms with van der Waals surface area (Å²) in [4.78, 5) is 12.1. The second-order valence-corrected chi connectivity index (χ2v) is 6.04. The van der Waals surface area contributed by atoms with E-state index < -0.39 is 0 Å². The summed E-state index contributed by atoms with van der Waals surface area (Å²) in [6, 6.07) is 9.36. The van der Waals surface area contributed by atoms with E-state index in [2.05, 4.69) is 10.5 Å². The van der Waals surface area contributed by atoms with Crippen LogP contribution in [0.15, 0.2) is 35.4 Å². The SMILES string of the molecule is COc1cc(Cl)c(/C=N\NC(=O)Cc2cc(C)ccc2C)cc1OC. The number of hydrogen-bond donors (Lipinski definition) is 1. The van der Waals surface area contributed by atoms with Gasteiger partial charge >= 0.3 is 0 Å². The molecule has 2 rings (SSSR count). The Hall–Kier alpha value is -2.53. The fourth-order valence-electron chi connectivity index (χ4n) is 2.35. The number of rotatable bonds is 6. The molecule has 1 N–H and O–H groups in total. The average molecular weight is 361 g/mol. The molecule has 0 atom stereocenters. The lowest BCUT2D eigenvalue weighted by molar-refractivity contribution is -0.120. The summed E-state index contributed by atoms with van der Waals surface area (Å²) in [5.41, 5.74) is 6.32. The number of carbonyl (C=O) groups is 1. The zero-order chi connectivity index (χ0) is 18.4. The van der Waals surface area contributed by atoms with E-state index in [1.165, 1.54) is 13.3 Å². The fourth-order valence-corrected chi connectivity index (χ4v) is 2.55. The highest BCUT2D eigenvalue weighted by Crippen LogP contribution is 2.32. The number of methoxy groups -OCH3 is 2. The molecule has 0 heterocycles. The highest BCUT2D eigenvalue weighted by molar-refractivity contribution is 6.33. The highest BCUT2D eigenvalue weighted by atomic mass is 35.5. The van der Waals surface area contributed by atoms with Gasteiger partial charge in [0.2, 0.25) is 5.91 Å². The van der Waals surface area contributed by atoms with Gasteiger partial charge in [-0.1, -0.05) is 35.4 Å². The van der Waals surface area contributed by atoms with Crippen molar-refractivity contribution in [1.82, 2.24) is 5.43 Å². The van der Waals surface area contributed by atoms with E-state index in [-0.39, 0.29) is 12.3 Å². The van der Waals surface area contributed by atoms with Crippen LogP contribution in [0, 0.1) is 13.8 Å². The van der Waals surface area contributed by atoms with Gasteiger partial charge in [-0.2, -0.15) is 5.10 Å². The number of amides is 1. The fraction of sp³-hybridized carbons (Fsp3) is 0.263. The molecule has 0 saturated carbocycles. The molecule has 25 heavy (non-hydrogen) atoms. The number of nitrogens with one attached hydrogen (secondary N) is 1. The van der Waals surface area contributed by atoms with E-state index in [0.29, 0.717) is 22.1 Å². The molecule has 0 aliphatic heterocycles. The number of carbonyl (C=O) groups excluding carboxylic acids is 1. The van der Waals surface area contributed by atoms with Crippen molar-refractivity contribution in [2.45, 2.75) is 20.3 Å². The number of hydrazone groups is 1. The molecule has 0 aliphatic rings. The minimum atomic E-state index is -0.193. The Labute approximate surface area is 152 Å². The van der Waals surface area contributed by atoms with Crippen LogP contribution in [-0.4, -0.2) is 26.3 Å². The third kappa shape index (κ3) is 4.97. The van der Waals surface area contributed by atoms with Gasteiger partial charge in [0.15, 0.2) is 11.5 Å². The van der Waals surface area contributed by atoms with Crippen molar-refractivity contribution in [1.29, 1.82) is 0 Å². The van der Waals surface area contributed by atoms with E-state index in [9.17, 15) is 4.79 Å². The van der Waals surface area contributed by atoms with Crippen molar-refractivity contribution < 1.29 is 14.3 Å². The highest BCUT2D eigenvalue weighted by Gasteiger charge is 2.09. The summed E-state index contributed by atoms with van der Waals surface area (Å²) >= 11 is 6.18. The molecule has 0 radical (unpaired) electrons. The Morgan fingerprint density at radius 3 is 2.52 bits per heavy atom. The topological polar surface area (TPSA) is 59.9 Å². The summed E-state index contributed by atoms with van der Waals surface area (Å²) in [5, 5.41) is 4.43. The molecule has 0 spiro atoms. The molecule has 5 nitrogen and oxygen atoms in total. The predicted octanol–water partition coefficient (Wildman–Crippen LogP) is 3.67. The molecule has 132 valence electrons. The summed E-state index contributed by atoms with van der Waals surface area (Å²) in [7, 11) is 3.08. The van der Waals surface area contributed by atoms with Crippen LogP contribution in [-0.2, 0) is 11.2 Å². The number of benzene rings is 2. The Bertz CT molecular complexity index is 803. The Balaban J connectivity index is 2.05. The van der Waals surface area contributed by atoms with Gasteiger partial charge in [0.25, 0.3) is 0 Å². The van der Waals surface area contributed by atoms with Crippen LogP contribution in [0.25, 0.3) is 0 Å². The molecule has 0 unspecified atom stereocenters. The zero-order valence-electron chi connectivity index (χ0n) is 14.7. The lowest BCUT2D eigenvalue weighted by Crippen LogP contribution is -2.20. The Morgan fingerprint density at radius 2 is 1.84 bits per heavy atom. The smallest absolute Gasteiger partial charge is 0.244 e. The van der Waals surface area contributed by atoms with E-state index in [1.54, 1.807) is 19.2 Å². The second kappa shape index (κ2) is 8.53. The summed E-state index contributed by atoms with van der Waals surface area (Å²) in [6.45, 7) is 3.98. The van der Waals surface area contributed by atoms with Crippen LogP contribution in [0.1, 0.15) is 22.3 Å². The summed E-state index contributed by atoms with van der Waals surface area (Å²) in [5.74, 6) is 0.875. The van der Waals surface area contributed by atoms with Gasteiger partial charge in [-0.15, -0.1) is 0 Å². The van der Waals surface area contributed by atoms with Gasteiger partial charge in [-0.3, -0.25) is 4.79 Å². The molecule has 0 aliphatic carbocycles. The van der Waals surface area contributed by atoms with Crippen molar-refractivity contribution in [3.05, 3.63) is 57.6 Å². The van der Waals surface area contributed by atoms with E-state index in [4.69, 9.17) is 21.1 Å². The van der Waals surface area contributed by atoms with Crippen molar-refractivity contribution in [2.24, 2.45) is 5.10 Å². The van der Waals surface area contributed by atoms with Crippen molar-refractivity contribution in [3.63, 3.8) is 0 Å². The molecule has 0 fully saturated rings. The maximum Gasteiger partial charge on any atom is 0.244 e. The van der Waals surface area contributed by atoms with Crippen LogP contribution in [0.4, 0.5) is 0 Å². The van der Waals surface area contributed by atoms with E-state index in [1.807, 2.05) is 32.0 Å². The second-order valence-electron chi connectivity index (χ2n) is 5.63. The standard InChI is InChI=1S/C19H21ClN2O3/c1-12-5-6-13(2)14(7-12)9-19(23)22-21-11-15-8-17(24-3)18(25-4)10-16(15)20/h5-8,10-11H,9H2,1-4H3,(H,22,23)/b21-11-. The van der Waals surface area contributed by atoms with E-state index in [0.717, 1.165) is 16.7 Å². The number of halogens is 1. The normalized spacial score (nSPS) is 10.8. The van der Waals surface area contributed by atoms with Crippen LogP contribution < -0.4 is 14.9 Å². The van der Waals surface area contributed by atoms with Gasteiger partial charge < -0.3 is 9.47 Å². The number of hydrogen-bond acceptors (Lipinski definition) is 4. The van der Waals surface area contributed by atoms with Crippen LogP contribution in [0.2, 0.25) is 5.02 Å². The molecule has 6 heteroatoms. The van der Waals surface area contributed by atoms with Gasteiger partial charge in [0.1, 0.15) is 0 Å². The first-order valence-corrected chi connectivity index (χ1v) is 8.12. The lowest BCUT2D eigenvalue weighted by Gasteiger charge is -2.09. The first-order valence-electron chi connectivity index (χ1n) is 7.74. The number of ether oxygens (including phenoxy) is 2. The molecule has 0 aromatic heterocycles. The Morgan fingerprint density at radius 1 is 1.16 bits per heavy atom. The minimum absolute atomic E-state index is 0.193. The van der Waals surface area contributed by atoms with Crippen molar-refractivity contribution in [2.75, 3.05) is 14.2 Å². The average Bonchev–Trinajstić information content (AvgIpc) is 2.59. The largest absolute Gasteiger partial charge is 0.493 e. The van der Waals surface area contributed by atoms with Crippen LogP contribution in [0.3, 0.4) is 0 Å². The maximum absolute atomic E-state index is 12.1. The van der Waals surface area contributed by atoms with Crippen LogP contribution in [0.5, 0.6) is 11.5 Å². The summed E-state index contributed by atoms with van der Waals surface area (Å²) < 4.78 is 10.4. The molecular weight excluding hydrogens is 340 g/mol. The van der Waals surface area contributed by atoms with Gasteiger partial charge in [-0.05, 0) is 31.0 Å². The predicted molar refractivity (Wildman–Crippen MR) is 99.9 cm³/mol. The third-order valence-corrected chi connectivity index (χ3v) is 4.08. The molecule has 2 aromatic rings. The molecule has 2 aromatic carbocycles. The van der Waals surface area contributed by atoms with Gasteiger partial charge in [0.05, 0.1) is 31.9 Å². The zero-order valence-corrected chi connectivity index (χ0v) is 15.5. The molecule has 0 saturated heterocycles. The first-order chi connectivity index (χ1) is 11.9. The lowest BCUT2D eigenvalue weighted by atomic mass is 10.0.